The molecule has 0 amide bonds. The van der Waals surface area contributed by atoms with Crippen LogP contribution in [-0.2, 0) is 0 Å². The van der Waals surface area contributed by atoms with Crippen molar-refractivity contribution in [2.45, 2.75) is 0 Å². The molecule has 0 saturated heterocycles. The lowest BCUT2D eigenvalue weighted by molar-refractivity contribution is 1.57. The summed E-state index contributed by atoms with van der Waals surface area (Å²) in [7, 11) is 0. The Morgan fingerprint density at radius 1 is 0.650 bits per heavy atom. The molecule has 0 aliphatic rings. The lowest BCUT2D eigenvalue weighted by Crippen LogP contribution is -1.82. The predicted molar refractivity (Wildman–Crippen MR) is 90.0 cm³/mol. The zero-order valence-corrected chi connectivity index (χ0v) is 13.0. The third-order valence-electron chi connectivity index (χ3n) is 3.21. The fourth-order valence-corrected chi connectivity index (χ4v) is 3.00. The van der Waals surface area contributed by atoms with Crippen LogP contribution in [0.15, 0.2) is 77.3 Å². The van der Waals surface area contributed by atoms with Gasteiger partial charge in [-0.1, -0.05) is 82.1 Å². The molecule has 0 heterocycles. The Morgan fingerprint density at radius 2 is 1.35 bits per heavy atom. The lowest BCUT2D eigenvalue weighted by atomic mass is 9.99. The van der Waals surface area contributed by atoms with Crippen molar-refractivity contribution < 1.29 is 0 Å². The van der Waals surface area contributed by atoms with E-state index >= 15 is 0 Å². The second-order valence-corrected chi connectivity index (χ2v) is 5.89. The van der Waals surface area contributed by atoms with E-state index in [4.69, 9.17) is 11.6 Å². The van der Waals surface area contributed by atoms with Gasteiger partial charge in [0.05, 0.1) is 0 Å². The molecular formula is C18H12BrCl. The summed E-state index contributed by atoms with van der Waals surface area (Å²) in [6, 6.07) is 24.8. The van der Waals surface area contributed by atoms with Crippen LogP contribution in [0.3, 0.4) is 0 Å². The predicted octanol–water partition coefficient (Wildman–Crippen LogP) is 6.44. The molecule has 0 atom stereocenters. The first-order valence-corrected chi connectivity index (χ1v) is 7.52. The molecule has 0 saturated carbocycles. The molecule has 98 valence electrons. The Morgan fingerprint density at radius 3 is 2.10 bits per heavy atom. The SMILES string of the molecule is Clc1cc(Br)ccc1-c1cccc(-c2ccccc2)c1. The number of halogens is 2. The van der Waals surface area contributed by atoms with Crippen molar-refractivity contribution in [1.82, 2.24) is 0 Å². The van der Waals surface area contributed by atoms with E-state index in [1.54, 1.807) is 0 Å². The van der Waals surface area contributed by atoms with Crippen LogP contribution < -0.4 is 0 Å². The van der Waals surface area contributed by atoms with Gasteiger partial charge in [0.15, 0.2) is 0 Å². The van der Waals surface area contributed by atoms with Gasteiger partial charge in [0, 0.05) is 15.1 Å². The second-order valence-electron chi connectivity index (χ2n) is 4.57. The zero-order valence-electron chi connectivity index (χ0n) is 10.7. The van der Waals surface area contributed by atoms with Gasteiger partial charge in [-0.15, -0.1) is 0 Å². The highest BCUT2D eigenvalue weighted by atomic mass is 79.9. The van der Waals surface area contributed by atoms with Gasteiger partial charge in [-0.3, -0.25) is 0 Å². The van der Waals surface area contributed by atoms with Crippen LogP contribution in [0.2, 0.25) is 5.02 Å². The van der Waals surface area contributed by atoms with E-state index in [-0.39, 0.29) is 0 Å². The maximum absolute atomic E-state index is 6.33. The number of rotatable bonds is 2. The minimum absolute atomic E-state index is 0.754. The van der Waals surface area contributed by atoms with Crippen LogP contribution >= 0.6 is 27.5 Å². The number of hydrogen-bond acceptors (Lipinski definition) is 0. The first-order valence-electron chi connectivity index (χ1n) is 6.35. The van der Waals surface area contributed by atoms with E-state index in [2.05, 4.69) is 64.5 Å². The van der Waals surface area contributed by atoms with Gasteiger partial charge in [0.25, 0.3) is 0 Å². The van der Waals surface area contributed by atoms with Crippen LogP contribution in [0.5, 0.6) is 0 Å². The molecule has 3 aromatic carbocycles. The van der Waals surface area contributed by atoms with Crippen LogP contribution in [0.4, 0.5) is 0 Å². The summed E-state index contributed by atoms with van der Waals surface area (Å²) in [4.78, 5) is 0. The Hall–Kier alpha value is -1.57. The Labute approximate surface area is 132 Å². The van der Waals surface area contributed by atoms with Crippen molar-refractivity contribution in [3.63, 3.8) is 0 Å². The molecule has 0 aliphatic carbocycles. The molecule has 20 heavy (non-hydrogen) atoms. The first-order chi connectivity index (χ1) is 9.74. The maximum Gasteiger partial charge on any atom is 0.0495 e. The van der Waals surface area contributed by atoms with E-state index in [0.29, 0.717) is 0 Å². The van der Waals surface area contributed by atoms with E-state index in [1.807, 2.05) is 24.3 Å². The van der Waals surface area contributed by atoms with Crippen LogP contribution in [0.25, 0.3) is 22.3 Å². The number of benzene rings is 3. The van der Waals surface area contributed by atoms with E-state index in [0.717, 1.165) is 20.6 Å². The Kier molecular flexibility index (Phi) is 3.90. The summed E-state index contributed by atoms with van der Waals surface area (Å²) < 4.78 is 0.991. The highest BCUT2D eigenvalue weighted by Crippen LogP contribution is 2.32. The topological polar surface area (TPSA) is 0 Å². The summed E-state index contributed by atoms with van der Waals surface area (Å²) in [5, 5.41) is 0.754. The minimum Gasteiger partial charge on any atom is -0.0836 e. The summed E-state index contributed by atoms with van der Waals surface area (Å²) in [5.74, 6) is 0. The summed E-state index contributed by atoms with van der Waals surface area (Å²) in [6.07, 6.45) is 0. The van der Waals surface area contributed by atoms with E-state index < -0.39 is 0 Å². The smallest absolute Gasteiger partial charge is 0.0495 e. The average Bonchev–Trinajstić information content (AvgIpc) is 2.48. The largest absolute Gasteiger partial charge is 0.0836 e. The normalized spacial score (nSPS) is 10.5. The number of hydrogen-bond donors (Lipinski definition) is 0. The van der Waals surface area contributed by atoms with Gasteiger partial charge in [-0.2, -0.15) is 0 Å². The molecule has 0 unspecified atom stereocenters. The van der Waals surface area contributed by atoms with Crippen molar-refractivity contribution in [3.8, 4) is 22.3 Å². The van der Waals surface area contributed by atoms with Gasteiger partial charge in [-0.25, -0.2) is 0 Å². The lowest BCUT2D eigenvalue weighted by Gasteiger charge is -2.08. The van der Waals surface area contributed by atoms with E-state index in [9.17, 15) is 0 Å². The summed E-state index contributed by atoms with van der Waals surface area (Å²) >= 11 is 9.77. The second kappa shape index (κ2) is 5.82. The highest BCUT2D eigenvalue weighted by molar-refractivity contribution is 9.10. The fraction of sp³-hybridized carbons (Fsp3) is 0. The molecule has 3 aromatic rings. The van der Waals surface area contributed by atoms with E-state index in [1.165, 1.54) is 11.1 Å². The molecule has 0 aliphatic heterocycles. The molecule has 0 aromatic heterocycles. The quantitative estimate of drug-likeness (QED) is 0.502. The van der Waals surface area contributed by atoms with Gasteiger partial charge < -0.3 is 0 Å². The Balaban J connectivity index is 2.08. The summed E-state index contributed by atoms with van der Waals surface area (Å²) in [6.45, 7) is 0. The third-order valence-corrected chi connectivity index (χ3v) is 4.02. The van der Waals surface area contributed by atoms with Crippen molar-refractivity contribution in [3.05, 3.63) is 82.3 Å². The molecule has 0 fully saturated rings. The van der Waals surface area contributed by atoms with Crippen molar-refractivity contribution in [1.29, 1.82) is 0 Å². The van der Waals surface area contributed by atoms with Crippen molar-refractivity contribution in [2.75, 3.05) is 0 Å². The van der Waals surface area contributed by atoms with Gasteiger partial charge >= 0.3 is 0 Å². The maximum atomic E-state index is 6.33. The van der Waals surface area contributed by atoms with Crippen LogP contribution in [-0.4, -0.2) is 0 Å². The molecule has 0 spiro atoms. The average molecular weight is 344 g/mol. The minimum atomic E-state index is 0.754. The van der Waals surface area contributed by atoms with Gasteiger partial charge in [0.2, 0.25) is 0 Å². The molecule has 3 rings (SSSR count). The van der Waals surface area contributed by atoms with Crippen molar-refractivity contribution in [2.24, 2.45) is 0 Å². The first kappa shape index (κ1) is 13.4. The third kappa shape index (κ3) is 2.79. The van der Waals surface area contributed by atoms with Crippen molar-refractivity contribution >= 4 is 27.5 Å². The highest BCUT2D eigenvalue weighted by Gasteiger charge is 2.05. The summed E-state index contributed by atoms with van der Waals surface area (Å²) in [5.41, 5.74) is 4.58. The van der Waals surface area contributed by atoms with Gasteiger partial charge in [0.1, 0.15) is 0 Å². The molecule has 0 bridgehead atoms. The molecule has 2 heteroatoms. The standard InChI is InChI=1S/C18H12BrCl/c19-16-9-10-17(18(20)12-16)15-8-4-7-14(11-15)13-5-2-1-3-6-13/h1-12H. The monoisotopic (exact) mass is 342 g/mol. The van der Waals surface area contributed by atoms with Crippen LogP contribution in [0, 0.1) is 0 Å². The fourth-order valence-electron chi connectivity index (χ4n) is 2.22. The molecule has 0 nitrogen and oxygen atoms in total. The molecule has 0 radical (unpaired) electrons. The molecular weight excluding hydrogens is 332 g/mol. The Bertz CT molecular complexity index is 735. The van der Waals surface area contributed by atoms with Gasteiger partial charge in [-0.05, 0) is 34.9 Å². The molecule has 0 N–H and O–H groups in total. The zero-order chi connectivity index (χ0) is 13.9. The van der Waals surface area contributed by atoms with Crippen LogP contribution in [0.1, 0.15) is 0 Å².